The number of nitrogens with zero attached hydrogens (tertiary/aromatic N) is 3. The van der Waals surface area contributed by atoms with Gasteiger partial charge in [-0.05, 0) is 44.0 Å². The maximum Gasteiger partial charge on any atom is 0.224 e. The summed E-state index contributed by atoms with van der Waals surface area (Å²) in [6, 6.07) is 12.0. The first-order chi connectivity index (χ1) is 14.0. The molecule has 156 valence electrons. The summed E-state index contributed by atoms with van der Waals surface area (Å²) >= 11 is 0. The van der Waals surface area contributed by atoms with Gasteiger partial charge >= 0.3 is 0 Å². The molecule has 6 nitrogen and oxygen atoms in total. The zero-order chi connectivity index (χ0) is 20.8. The van der Waals surface area contributed by atoms with Crippen molar-refractivity contribution in [3.05, 3.63) is 47.8 Å². The third-order valence-corrected chi connectivity index (χ3v) is 5.25. The Balaban J connectivity index is 1.72. The summed E-state index contributed by atoms with van der Waals surface area (Å²) in [7, 11) is 5.65. The molecule has 1 amide bonds. The number of likely N-dealkylation sites (tertiary alicyclic amines) is 1. The van der Waals surface area contributed by atoms with Crippen LogP contribution in [-0.2, 0) is 9.53 Å². The number of rotatable bonds is 7. The van der Waals surface area contributed by atoms with Crippen molar-refractivity contribution in [3.63, 3.8) is 0 Å². The SMILES string of the molecule is COCCC(=O)N1CCC[C@H](c2cc(Oc3ccc(N(C)C)cc3)cc(C)n2)C1. The lowest BCUT2D eigenvalue weighted by atomic mass is 9.93. The predicted octanol–water partition coefficient (Wildman–Crippen LogP) is 3.99. The van der Waals surface area contributed by atoms with Crippen LogP contribution in [0.25, 0.3) is 0 Å². The molecule has 2 aromatic rings. The van der Waals surface area contributed by atoms with Gasteiger partial charge in [-0.3, -0.25) is 9.78 Å². The van der Waals surface area contributed by atoms with Crippen molar-refractivity contribution < 1.29 is 14.3 Å². The molecule has 1 atom stereocenters. The van der Waals surface area contributed by atoms with Crippen molar-refractivity contribution in [2.24, 2.45) is 0 Å². The molecular formula is C23H31N3O3. The summed E-state index contributed by atoms with van der Waals surface area (Å²) in [5.41, 5.74) is 3.05. The minimum atomic E-state index is 0.154. The van der Waals surface area contributed by atoms with E-state index in [1.54, 1.807) is 7.11 Å². The number of carbonyl (C=O) groups is 1. The molecule has 29 heavy (non-hydrogen) atoms. The Kier molecular flexibility index (Phi) is 7.09. The first kappa shape index (κ1) is 21.1. The highest BCUT2D eigenvalue weighted by atomic mass is 16.5. The van der Waals surface area contributed by atoms with Crippen LogP contribution in [0.2, 0.25) is 0 Å². The summed E-state index contributed by atoms with van der Waals surface area (Å²) < 4.78 is 11.1. The zero-order valence-corrected chi connectivity index (χ0v) is 17.9. The summed E-state index contributed by atoms with van der Waals surface area (Å²) in [6.45, 7) is 3.96. The monoisotopic (exact) mass is 397 g/mol. The Morgan fingerprint density at radius 2 is 1.97 bits per heavy atom. The normalized spacial score (nSPS) is 16.6. The van der Waals surface area contributed by atoms with Crippen LogP contribution in [0.4, 0.5) is 5.69 Å². The van der Waals surface area contributed by atoms with E-state index in [9.17, 15) is 4.79 Å². The molecule has 1 aliphatic rings. The number of benzene rings is 1. The summed E-state index contributed by atoms with van der Waals surface area (Å²) in [6.07, 6.45) is 2.45. The van der Waals surface area contributed by atoms with Gasteiger partial charge in [-0.25, -0.2) is 0 Å². The Morgan fingerprint density at radius 3 is 2.66 bits per heavy atom. The Labute approximate surface area is 173 Å². The third kappa shape index (κ3) is 5.70. The highest BCUT2D eigenvalue weighted by Gasteiger charge is 2.26. The second kappa shape index (κ2) is 9.74. The molecule has 0 aliphatic carbocycles. The molecule has 2 heterocycles. The highest BCUT2D eigenvalue weighted by molar-refractivity contribution is 5.76. The van der Waals surface area contributed by atoms with E-state index in [4.69, 9.17) is 14.5 Å². The number of anilines is 1. The third-order valence-electron chi connectivity index (χ3n) is 5.25. The fraction of sp³-hybridized carbons (Fsp3) is 0.478. The summed E-state index contributed by atoms with van der Waals surface area (Å²) in [5, 5.41) is 0. The molecule has 0 bridgehead atoms. The van der Waals surface area contributed by atoms with Gasteiger partial charge in [0.15, 0.2) is 0 Å². The molecule has 1 aliphatic heterocycles. The maximum absolute atomic E-state index is 12.4. The molecule has 6 heteroatoms. The summed E-state index contributed by atoms with van der Waals surface area (Å²) in [5.74, 6) is 1.97. The lowest BCUT2D eigenvalue weighted by molar-refractivity contribution is -0.133. The number of hydrogen-bond donors (Lipinski definition) is 0. The van der Waals surface area contributed by atoms with Crippen LogP contribution in [0.15, 0.2) is 36.4 Å². The molecule has 1 aromatic carbocycles. The van der Waals surface area contributed by atoms with Crippen LogP contribution >= 0.6 is 0 Å². The van der Waals surface area contributed by atoms with E-state index in [0.717, 1.165) is 48.0 Å². The topological polar surface area (TPSA) is 54.9 Å². The van der Waals surface area contributed by atoms with E-state index in [-0.39, 0.29) is 11.8 Å². The number of methoxy groups -OCH3 is 1. The highest BCUT2D eigenvalue weighted by Crippen LogP contribution is 2.31. The van der Waals surface area contributed by atoms with E-state index >= 15 is 0 Å². The van der Waals surface area contributed by atoms with Gasteiger partial charge in [-0.15, -0.1) is 0 Å². The minimum Gasteiger partial charge on any atom is -0.457 e. The van der Waals surface area contributed by atoms with Crippen LogP contribution < -0.4 is 9.64 Å². The van der Waals surface area contributed by atoms with E-state index in [2.05, 4.69) is 4.90 Å². The van der Waals surface area contributed by atoms with Crippen molar-refractivity contribution in [1.82, 2.24) is 9.88 Å². The van der Waals surface area contributed by atoms with Crippen LogP contribution in [0.5, 0.6) is 11.5 Å². The van der Waals surface area contributed by atoms with Crippen molar-refractivity contribution in [1.29, 1.82) is 0 Å². The van der Waals surface area contributed by atoms with Gasteiger partial charge in [0.25, 0.3) is 0 Å². The first-order valence-electron chi connectivity index (χ1n) is 10.2. The molecule has 0 unspecified atom stereocenters. The van der Waals surface area contributed by atoms with Gasteiger partial charge in [0.1, 0.15) is 11.5 Å². The molecule has 1 fully saturated rings. The fourth-order valence-corrected chi connectivity index (χ4v) is 3.67. The number of aryl methyl sites for hydroxylation is 1. The number of amides is 1. The van der Waals surface area contributed by atoms with Gasteiger partial charge < -0.3 is 19.3 Å². The van der Waals surface area contributed by atoms with Crippen LogP contribution in [0.1, 0.15) is 36.6 Å². The molecule has 0 saturated carbocycles. The quantitative estimate of drug-likeness (QED) is 0.707. The van der Waals surface area contributed by atoms with Crippen molar-refractivity contribution in [2.45, 2.75) is 32.1 Å². The molecule has 0 radical (unpaired) electrons. The zero-order valence-electron chi connectivity index (χ0n) is 17.9. The number of aromatic nitrogens is 1. The van der Waals surface area contributed by atoms with Gasteiger partial charge in [-0.1, -0.05) is 0 Å². The summed E-state index contributed by atoms with van der Waals surface area (Å²) in [4.78, 5) is 21.1. The number of carbonyl (C=O) groups excluding carboxylic acids is 1. The van der Waals surface area contributed by atoms with Crippen molar-refractivity contribution >= 4 is 11.6 Å². The Hall–Kier alpha value is -2.60. The van der Waals surface area contributed by atoms with Crippen molar-refractivity contribution in [2.75, 3.05) is 45.8 Å². The Morgan fingerprint density at radius 1 is 1.21 bits per heavy atom. The van der Waals surface area contributed by atoms with Gasteiger partial charge in [0, 0.05) is 69.4 Å². The number of piperidine rings is 1. The lowest BCUT2D eigenvalue weighted by Gasteiger charge is -2.32. The number of hydrogen-bond acceptors (Lipinski definition) is 5. The Bertz CT molecular complexity index is 821. The van der Waals surface area contributed by atoms with E-state index in [0.29, 0.717) is 19.6 Å². The smallest absolute Gasteiger partial charge is 0.224 e. The molecule has 0 N–H and O–H groups in total. The van der Waals surface area contributed by atoms with E-state index < -0.39 is 0 Å². The first-order valence-corrected chi connectivity index (χ1v) is 10.2. The number of ether oxygens (including phenoxy) is 2. The average Bonchev–Trinajstić information content (AvgIpc) is 2.72. The number of pyridine rings is 1. The lowest BCUT2D eigenvalue weighted by Crippen LogP contribution is -2.39. The largest absolute Gasteiger partial charge is 0.457 e. The van der Waals surface area contributed by atoms with E-state index in [1.807, 2.05) is 62.3 Å². The molecular weight excluding hydrogens is 366 g/mol. The minimum absolute atomic E-state index is 0.154. The average molecular weight is 398 g/mol. The van der Waals surface area contributed by atoms with E-state index in [1.165, 1.54) is 0 Å². The standard InChI is InChI=1S/C23H31N3O3/c1-17-14-21(29-20-9-7-19(8-10-20)25(2)3)15-22(24-17)18-6-5-12-26(16-18)23(27)11-13-28-4/h7-10,14-15,18H,5-6,11-13,16H2,1-4H3/t18-/m0/s1. The van der Waals surface area contributed by atoms with Crippen molar-refractivity contribution in [3.8, 4) is 11.5 Å². The van der Waals surface area contributed by atoms with Gasteiger partial charge in [-0.2, -0.15) is 0 Å². The molecule has 0 spiro atoms. The molecule has 3 rings (SSSR count). The second-order valence-electron chi connectivity index (χ2n) is 7.78. The van der Waals surface area contributed by atoms with Gasteiger partial charge in [0.2, 0.25) is 5.91 Å². The fourth-order valence-electron chi connectivity index (χ4n) is 3.67. The molecule has 1 saturated heterocycles. The van der Waals surface area contributed by atoms with Crippen LogP contribution in [0, 0.1) is 6.92 Å². The molecule has 1 aromatic heterocycles. The van der Waals surface area contributed by atoms with Crippen LogP contribution in [0.3, 0.4) is 0 Å². The van der Waals surface area contributed by atoms with Crippen LogP contribution in [-0.4, -0.2) is 56.7 Å². The maximum atomic E-state index is 12.4. The second-order valence-corrected chi connectivity index (χ2v) is 7.78. The van der Waals surface area contributed by atoms with Gasteiger partial charge in [0.05, 0.1) is 13.0 Å². The predicted molar refractivity (Wildman–Crippen MR) is 115 cm³/mol.